The molecular weight excluding hydrogens is 577 g/mol. The molecule has 0 aromatic heterocycles. The van der Waals surface area contributed by atoms with Gasteiger partial charge in [0, 0.05) is 0 Å². The van der Waals surface area contributed by atoms with Gasteiger partial charge in [0.25, 0.3) is 0 Å². The van der Waals surface area contributed by atoms with Crippen LogP contribution >= 0.6 is 0 Å². The lowest BCUT2D eigenvalue weighted by molar-refractivity contribution is 1.76. The van der Waals surface area contributed by atoms with Crippen LogP contribution in [0.5, 0.6) is 0 Å². The quantitative estimate of drug-likeness (QED) is 0.119. The predicted molar refractivity (Wildman–Crippen MR) is 211 cm³/mol. The standard InChI is InChI=1S/C18H12.C16H10.C14H10/c1-3-7-15-13(5-1)9-11-18-16-8-4-2-6-14(16)10-12-17(15)18;1-3-11-7-9-13-5-2-6-14-10-8-12(4-1)15(11)16(13)14;1-2-6-12-10-14-8-4-3-7-13(14)9-11(12)5-1/h1-12H;1-10H;1-10H. The van der Waals surface area contributed by atoms with Gasteiger partial charge < -0.3 is 0 Å². The number of rotatable bonds is 0. The molecule has 0 aliphatic carbocycles. The van der Waals surface area contributed by atoms with Gasteiger partial charge in [-0.3, -0.25) is 0 Å². The fourth-order valence-electron chi connectivity index (χ4n) is 7.32. The summed E-state index contributed by atoms with van der Waals surface area (Å²) < 4.78 is 0. The first-order valence-electron chi connectivity index (χ1n) is 16.6. The van der Waals surface area contributed by atoms with Crippen LogP contribution in [0.4, 0.5) is 0 Å². The Hall–Kier alpha value is -6.24. The monoisotopic (exact) mass is 608 g/mol. The van der Waals surface area contributed by atoms with Crippen molar-refractivity contribution in [2.45, 2.75) is 0 Å². The van der Waals surface area contributed by atoms with Crippen LogP contribution < -0.4 is 0 Å². The van der Waals surface area contributed by atoms with Crippen LogP contribution in [0, 0.1) is 0 Å². The molecule has 0 atom stereocenters. The first-order valence-corrected chi connectivity index (χ1v) is 16.6. The summed E-state index contributed by atoms with van der Waals surface area (Å²) in [6.45, 7) is 0. The molecule has 48 heavy (non-hydrogen) atoms. The zero-order valence-corrected chi connectivity index (χ0v) is 26.5. The second-order valence-corrected chi connectivity index (χ2v) is 12.5. The summed E-state index contributed by atoms with van der Waals surface area (Å²) in [5.74, 6) is 0. The maximum atomic E-state index is 2.24. The van der Waals surface area contributed by atoms with Crippen molar-refractivity contribution in [3.8, 4) is 0 Å². The minimum atomic E-state index is 1.31. The van der Waals surface area contributed by atoms with E-state index in [0.29, 0.717) is 0 Å². The Labute approximate surface area is 279 Å². The van der Waals surface area contributed by atoms with Crippen LogP contribution in [0.25, 0.3) is 86.2 Å². The van der Waals surface area contributed by atoms with Crippen LogP contribution in [0.15, 0.2) is 194 Å². The summed E-state index contributed by atoms with van der Waals surface area (Å²) in [6.07, 6.45) is 0. The first-order chi connectivity index (χ1) is 23.8. The fraction of sp³-hybridized carbons (Fsp3) is 0. The molecule has 0 bridgehead atoms. The van der Waals surface area contributed by atoms with Gasteiger partial charge >= 0.3 is 0 Å². The summed E-state index contributed by atoms with van der Waals surface area (Å²) in [5, 5.41) is 21.3. The van der Waals surface area contributed by atoms with E-state index >= 15 is 0 Å². The predicted octanol–water partition coefficient (Wildman–Crippen LogP) is 13.7. The van der Waals surface area contributed by atoms with Gasteiger partial charge in [-0.1, -0.05) is 182 Å². The summed E-state index contributed by atoms with van der Waals surface area (Å²) in [5.41, 5.74) is 0. The van der Waals surface area contributed by atoms with Gasteiger partial charge in [0.15, 0.2) is 0 Å². The van der Waals surface area contributed by atoms with Gasteiger partial charge in [-0.25, -0.2) is 0 Å². The van der Waals surface area contributed by atoms with Crippen molar-refractivity contribution >= 4 is 86.2 Å². The van der Waals surface area contributed by atoms with Gasteiger partial charge in [-0.05, 0) is 98.3 Å². The molecule has 0 heterocycles. The summed E-state index contributed by atoms with van der Waals surface area (Å²) in [6, 6.07) is 69.3. The molecule has 0 unspecified atom stereocenters. The average molecular weight is 609 g/mol. The molecule has 224 valence electrons. The summed E-state index contributed by atoms with van der Waals surface area (Å²) in [4.78, 5) is 0. The molecule has 0 saturated carbocycles. The molecule has 11 rings (SSSR count). The van der Waals surface area contributed by atoms with Crippen molar-refractivity contribution in [2.75, 3.05) is 0 Å². The smallest absolute Gasteiger partial charge is 0.00268 e. The summed E-state index contributed by atoms with van der Waals surface area (Å²) >= 11 is 0. The van der Waals surface area contributed by atoms with Gasteiger partial charge in [0.1, 0.15) is 0 Å². The fourth-order valence-corrected chi connectivity index (χ4v) is 7.32. The molecule has 0 amide bonds. The number of hydrogen-bond donors (Lipinski definition) is 0. The van der Waals surface area contributed by atoms with Crippen molar-refractivity contribution in [1.29, 1.82) is 0 Å². The van der Waals surface area contributed by atoms with E-state index in [-0.39, 0.29) is 0 Å². The lowest BCUT2D eigenvalue weighted by Gasteiger charge is -2.09. The first kappa shape index (κ1) is 28.0. The molecular formula is C48H32. The number of benzene rings is 11. The molecule has 11 aromatic carbocycles. The van der Waals surface area contributed by atoms with Gasteiger partial charge in [0.2, 0.25) is 0 Å². The second kappa shape index (κ2) is 11.8. The summed E-state index contributed by atoms with van der Waals surface area (Å²) in [7, 11) is 0. The van der Waals surface area contributed by atoms with E-state index in [2.05, 4.69) is 194 Å². The Bertz CT molecular complexity index is 2590. The molecule has 0 saturated heterocycles. The van der Waals surface area contributed by atoms with E-state index in [9.17, 15) is 0 Å². The maximum Gasteiger partial charge on any atom is -0.00268 e. The molecule has 0 nitrogen and oxygen atoms in total. The van der Waals surface area contributed by atoms with Crippen LogP contribution in [0.3, 0.4) is 0 Å². The minimum absolute atomic E-state index is 1.31. The minimum Gasteiger partial charge on any atom is -0.0616 e. The van der Waals surface area contributed by atoms with E-state index in [1.807, 2.05) is 0 Å². The topological polar surface area (TPSA) is 0 Å². The third-order valence-electron chi connectivity index (χ3n) is 9.66. The molecule has 0 heteroatoms. The largest absolute Gasteiger partial charge is 0.0616 e. The highest BCUT2D eigenvalue weighted by atomic mass is 14.1. The molecule has 0 fully saturated rings. The van der Waals surface area contributed by atoms with Crippen LogP contribution in [-0.2, 0) is 0 Å². The van der Waals surface area contributed by atoms with Crippen molar-refractivity contribution < 1.29 is 0 Å². The van der Waals surface area contributed by atoms with Gasteiger partial charge in [-0.2, -0.15) is 0 Å². The Kier molecular flexibility index (Phi) is 6.91. The van der Waals surface area contributed by atoms with Gasteiger partial charge in [-0.15, -0.1) is 0 Å². The number of hydrogen-bond acceptors (Lipinski definition) is 0. The van der Waals surface area contributed by atoms with Crippen molar-refractivity contribution in [1.82, 2.24) is 0 Å². The van der Waals surface area contributed by atoms with Crippen molar-refractivity contribution in [3.63, 3.8) is 0 Å². The van der Waals surface area contributed by atoms with Crippen molar-refractivity contribution in [2.24, 2.45) is 0 Å². The Morgan fingerprint density at radius 3 is 0.792 bits per heavy atom. The third kappa shape index (κ3) is 4.96. The van der Waals surface area contributed by atoms with E-state index in [0.717, 1.165) is 0 Å². The molecule has 0 aliphatic rings. The molecule has 0 radical (unpaired) electrons. The SMILES string of the molecule is c1cc2ccc3cccc4ccc(c1)c2c34.c1ccc2c(c1)ccc1c3ccccc3ccc21.c1ccc2cc3ccccc3cc2c1. The van der Waals surface area contributed by atoms with Crippen LogP contribution in [0.1, 0.15) is 0 Å². The highest BCUT2D eigenvalue weighted by Gasteiger charge is 2.06. The van der Waals surface area contributed by atoms with E-state index in [1.54, 1.807) is 0 Å². The van der Waals surface area contributed by atoms with E-state index < -0.39 is 0 Å². The molecule has 0 spiro atoms. The van der Waals surface area contributed by atoms with E-state index in [1.165, 1.54) is 86.2 Å². The maximum absolute atomic E-state index is 2.24. The lowest BCUT2D eigenvalue weighted by atomic mass is 9.95. The van der Waals surface area contributed by atoms with Gasteiger partial charge in [0.05, 0.1) is 0 Å². The molecule has 11 aromatic rings. The molecule has 0 N–H and O–H groups in total. The highest BCUT2D eigenvalue weighted by Crippen LogP contribution is 2.34. The number of fused-ring (bicyclic) bond motifs is 7. The second-order valence-electron chi connectivity index (χ2n) is 12.5. The Morgan fingerprint density at radius 1 is 0.167 bits per heavy atom. The van der Waals surface area contributed by atoms with Crippen LogP contribution in [-0.4, -0.2) is 0 Å². The van der Waals surface area contributed by atoms with Crippen molar-refractivity contribution in [3.05, 3.63) is 194 Å². The highest BCUT2D eigenvalue weighted by molar-refractivity contribution is 6.23. The Morgan fingerprint density at radius 2 is 0.438 bits per heavy atom. The lowest BCUT2D eigenvalue weighted by Crippen LogP contribution is -1.82. The van der Waals surface area contributed by atoms with Crippen LogP contribution in [0.2, 0.25) is 0 Å². The third-order valence-corrected chi connectivity index (χ3v) is 9.66. The molecule has 0 aliphatic heterocycles. The zero-order valence-electron chi connectivity index (χ0n) is 26.5. The zero-order chi connectivity index (χ0) is 31.9. The normalized spacial score (nSPS) is 11.3. The average Bonchev–Trinajstić information content (AvgIpc) is 3.16. The van der Waals surface area contributed by atoms with E-state index in [4.69, 9.17) is 0 Å². The Balaban J connectivity index is 0.0000000988.